The Balaban J connectivity index is 1.03. The number of hydrogen-bond donors (Lipinski definition) is 10. The van der Waals surface area contributed by atoms with Gasteiger partial charge in [-0.25, -0.2) is 4.39 Å². The number of ether oxygens (including phenoxy) is 4. The van der Waals surface area contributed by atoms with Gasteiger partial charge in [-0.3, -0.25) is 9.59 Å². The second-order valence-electron chi connectivity index (χ2n) is 14.0. The number of aromatic nitrogens is 1. The zero-order valence-electron chi connectivity index (χ0n) is 29.4. The molecule has 3 aliphatic heterocycles. The van der Waals surface area contributed by atoms with Crippen LogP contribution in [0, 0.1) is 5.82 Å². The third-order valence-electron chi connectivity index (χ3n) is 10.2. The maximum Gasteiger partial charge on any atom is 0.245 e. The maximum atomic E-state index is 13.7. The largest absolute Gasteiger partial charge is 0.394 e. The predicted molar refractivity (Wildman–Crippen MR) is 181 cm³/mol. The number of rotatable bonds is 16. The minimum atomic E-state index is -1.77. The molecule has 0 saturated carbocycles. The van der Waals surface area contributed by atoms with Gasteiger partial charge in [0, 0.05) is 42.7 Å². The Morgan fingerprint density at radius 3 is 2.40 bits per heavy atom. The van der Waals surface area contributed by atoms with Crippen molar-refractivity contribution in [1.82, 2.24) is 15.2 Å². The van der Waals surface area contributed by atoms with Crippen LogP contribution in [0.15, 0.2) is 24.4 Å². The number of unbranched alkanes of at least 4 members (excludes halogenated alkanes) is 2. The lowest BCUT2D eigenvalue weighted by Crippen LogP contribution is -2.64. The molecule has 1 aromatic carbocycles. The highest BCUT2D eigenvalue weighted by Crippen LogP contribution is 2.30. The molecule has 53 heavy (non-hydrogen) atoms. The van der Waals surface area contributed by atoms with Crippen molar-refractivity contribution in [1.29, 1.82) is 0 Å². The Morgan fingerprint density at radius 2 is 1.68 bits per heavy atom. The molecule has 3 aliphatic rings. The van der Waals surface area contributed by atoms with E-state index in [9.17, 15) is 54.8 Å². The van der Waals surface area contributed by atoms with E-state index in [0.29, 0.717) is 44.0 Å². The molecule has 3 saturated heterocycles. The van der Waals surface area contributed by atoms with Crippen molar-refractivity contribution in [2.45, 2.75) is 131 Å². The van der Waals surface area contributed by atoms with Crippen LogP contribution in [0.5, 0.6) is 0 Å². The molecule has 4 heterocycles. The van der Waals surface area contributed by atoms with Gasteiger partial charge in [0.2, 0.25) is 11.8 Å². The molecule has 3 fully saturated rings. The maximum absolute atomic E-state index is 13.7. The highest BCUT2D eigenvalue weighted by molar-refractivity contribution is 5.88. The average molecular weight is 758 g/mol. The van der Waals surface area contributed by atoms with Crippen LogP contribution in [0.4, 0.5) is 4.39 Å². The summed E-state index contributed by atoms with van der Waals surface area (Å²) in [5, 5.41) is 85.1. The zero-order valence-corrected chi connectivity index (χ0v) is 29.4. The number of carbonyl (C=O) groups is 2. The number of H-pyrrole nitrogens is 1. The van der Waals surface area contributed by atoms with Gasteiger partial charge in [-0.2, -0.15) is 0 Å². The van der Waals surface area contributed by atoms with Crippen LogP contribution in [-0.2, 0) is 35.0 Å². The molecule has 5 rings (SSSR count). The lowest BCUT2D eigenvalue weighted by Gasteiger charge is -2.45. The number of nitrogens with zero attached hydrogens (tertiary/aromatic N) is 1. The summed E-state index contributed by atoms with van der Waals surface area (Å²) in [6.45, 7) is 0.610. The summed E-state index contributed by atoms with van der Waals surface area (Å²) in [5.41, 5.74) is 1.55. The molecule has 0 aliphatic carbocycles. The number of β-amino-alcohol motifs (C(OH)–C–C–N with tert-alkyl or cyclic N) is 1. The van der Waals surface area contributed by atoms with Gasteiger partial charge in [-0.05, 0) is 55.9 Å². The van der Waals surface area contributed by atoms with Crippen LogP contribution in [-0.4, -0.2) is 169 Å². The van der Waals surface area contributed by atoms with Gasteiger partial charge in [0.1, 0.15) is 60.7 Å². The van der Waals surface area contributed by atoms with Gasteiger partial charge in [0.05, 0.1) is 19.3 Å². The van der Waals surface area contributed by atoms with Crippen LogP contribution >= 0.6 is 0 Å². The first-order valence-corrected chi connectivity index (χ1v) is 18.1. The number of hydrogen-bond acceptors (Lipinski definition) is 14. The summed E-state index contributed by atoms with van der Waals surface area (Å²) in [4.78, 5) is 31.0. The number of aliphatic hydroxyl groups is 8. The minimum absolute atomic E-state index is 0.0621. The van der Waals surface area contributed by atoms with E-state index < -0.39 is 86.8 Å². The minimum Gasteiger partial charge on any atom is -0.394 e. The fourth-order valence-electron chi connectivity index (χ4n) is 7.20. The van der Waals surface area contributed by atoms with Crippen molar-refractivity contribution >= 4 is 22.7 Å². The fourth-order valence-corrected chi connectivity index (χ4v) is 7.20. The number of aromatic amines is 1. The summed E-state index contributed by atoms with van der Waals surface area (Å²) in [6.07, 6.45) is -11.6. The Morgan fingerprint density at radius 1 is 0.962 bits per heavy atom. The molecule has 2 aromatic rings. The van der Waals surface area contributed by atoms with E-state index in [1.165, 1.54) is 12.1 Å². The Labute approximate surface area is 305 Å². The first-order valence-electron chi connectivity index (χ1n) is 18.1. The fraction of sp³-hybridized carbons (Fsp3) is 0.714. The van der Waals surface area contributed by atoms with Gasteiger partial charge >= 0.3 is 0 Å². The van der Waals surface area contributed by atoms with Gasteiger partial charge in [0.25, 0.3) is 0 Å². The average Bonchev–Trinajstić information content (AvgIpc) is 3.72. The topological polar surface area (TPSA) is 264 Å². The number of benzene rings is 1. The molecule has 13 atom stereocenters. The van der Waals surface area contributed by atoms with Crippen LogP contribution < -0.4 is 5.32 Å². The van der Waals surface area contributed by atoms with E-state index in [1.807, 2.05) is 0 Å². The Kier molecular flexibility index (Phi) is 14.5. The molecule has 298 valence electrons. The number of fused-ring (bicyclic) bond motifs is 1. The van der Waals surface area contributed by atoms with Crippen LogP contribution in [0.2, 0.25) is 0 Å². The lowest BCUT2D eigenvalue weighted by atomic mass is 9.97. The van der Waals surface area contributed by atoms with Crippen molar-refractivity contribution < 1.29 is 73.8 Å². The number of nitrogens with one attached hydrogen (secondary N) is 2. The summed E-state index contributed by atoms with van der Waals surface area (Å²) in [5.74, 6) is -0.954. The predicted octanol–water partition coefficient (Wildman–Crippen LogP) is -2.09. The van der Waals surface area contributed by atoms with Crippen LogP contribution in [0.25, 0.3) is 10.9 Å². The molecule has 1 aromatic heterocycles. The molecule has 0 bridgehead atoms. The zero-order chi connectivity index (χ0) is 38.4. The smallest absolute Gasteiger partial charge is 0.245 e. The summed E-state index contributed by atoms with van der Waals surface area (Å²) in [7, 11) is 0. The first-order chi connectivity index (χ1) is 25.4. The van der Waals surface area contributed by atoms with Gasteiger partial charge in [-0.1, -0.05) is 13.3 Å². The number of likely N-dealkylation sites (tertiary alicyclic amines) is 1. The van der Waals surface area contributed by atoms with Crippen molar-refractivity contribution in [2.75, 3.05) is 26.4 Å². The lowest BCUT2D eigenvalue weighted by molar-refractivity contribution is -0.359. The molecule has 17 nitrogen and oxygen atoms in total. The summed E-state index contributed by atoms with van der Waals surface area (Å²) < 4.78 is 35.7. The summed E-state index contributed by atoms with van der Waals surface area (Å²) in [6, 6.07) is 3.39. The van der Waals surface area contributed by atoms with Crippen molar-refractivity contribution in [3.05, 3.63) is 35.8 Å². The molecule has 0 spiro atoms. The highest BCUT2D eigenvalue weighted by atomic mass is 19.1. The molecule has 18 heteroatoms. The van der Waals surface area contributed by atoms with Gasteiger partial charge < -0.3 is 75.0 Å². The van der Waals surface area contributed by atoms with Gasteiger partial charge in [0.15, 0.2) is 12.6 Å². The number of aliphatic hydroxyl groups excluding tert-OH is 8. The SMILES string of the molecule is CC[C@H](NC(=O)CCCCCO[C@@H]1OC(CO)[C@@H](O[C@@H]2OC(CO)[C@H](O)[C@H](O)C2O)[C@H](O)C1O)C(=O)N1C[C@@H](O)C[C@H]1Cc1c[nH]c2cc(F)ccc12. The van der Waals surface area contributed by atoms with Gasteiger partial charge in [-0.15, -0.1) is 0 Å². The quantitative estimate of drug-likeness (QED) is 0.0824. The Hall–Kier alpha value is -2.85. The standard InChI is InChI=1S/C35H52FN3O14/c1-2-22(33(49)39-14-20(42)12-19(39)10-17-13-37-23-11-18(36)7-8-21(17)23)38-26(43)6-4-3-5-9-50-34-31(48)29(46)32(25(16-41)52-34)53-35-30(47)28(45)27(44)24(15-40)51-35/h7-8,11,13,19-20,22,24-25,27-32,34-35,37,40-42,44-48H,2-6,9-10,12,14-16H2,1H3,(H,38,43)/t19-,20+,22+,24?,25?,27+,28+,29-,30?,31?,32-,34-,35+/m1/s1. The van der Waals surface area contributed by atoms with E-state index in [4.69, 9.17) is 18.9 Å². The van der Waals surface area contributed by atoms with Crippen molar-refractivity contribution in [3.63, 3.8) is 0 Å². The Bertz CT molecular complexity index is 1500. The molecular formula is C35H52FN3O14. The molecule has 0 radical (unpaired) electrons. The van der Waals surface area contributed by atoms with E-state index in [2.05, 4.69) is 10.3 Å². The molecule has 4 unspecified atom stereocenters. The second kappa shape index (κ2) is 18.7. The summed E-state index contributed by atoms with van der Waals surface area (Å²) >= 11 is 0. The number of halogens is 1. The number of amides is 2. The second-order valence-corrected chi connectivity index (χ2v) is 14.0. The molecular weight excluding hydrogens is 705 g/mol. The highest BCUT2D eigenvalue weighted by Gasteiger charge is 2.50. The van der Waals surface area contributed by atoms with E-state index in [0.717, 1.165) is 10.9 Å². The van der Waals surface area contributed by atoms with Crippen molar-refractivity contribution in [2.24, 2.45) is 0 Å². The molecule has 10 N–H and O–H groups in total. The van der Waals surface area contributed by atoms with Crippen molar-refractivity contribution in [3.8, 4) is 0 Å². The van der Waals surface area contributed by atoms with Crippen LogP contribution in [0.1, 0.15) is 51.0 Å². The van der Waals surface area contributed by atoms with E-state index >= 15 is 0 Å². The monoisotopic (exact) mass is 757 g/mol. The van der Waals surface area contributed by atoms with E-state index in [-0.39, 0.29) is 43.2 Å². The molecule has 2 amide bonds. The van der Waals surface area contributed by atoms with E-state index in [1.54, 1.807) is 24.1 Å². The first kappa shape index (κ1) is 41.3. The van der Waals surface area contributed by atoms with Crippen LogP contribution in [0.3, 0.4) is 0 Å². The number of carbonyl (C=O) groups excluding carboxylic acids is 2. The third-order valence-corrected chi connectivity index (χ3v) is 10.2. The third kappa shape index (κ3) is 9.70. The normalized spacial score (nSPS) is 34.0.